The zero-order valence-corrected chi connectivity index (χ0v) is 14.3. The summed E-state index contributed by atoms with van der Waals surface area (Å²) in [6, 6.07) is 0. The second kappa shape index (κ2) is 6.73. The summed E-state index contributed by atoms with van der Waals surface area (Å²) in [6.07, 6.45) is 10.9. The Kier molecular flexibility index (Phi) is 5.50. The van der Waals surface area contributed by atoms with Crippen molar-refractivity contribution in [3.05, 3.63) is 0 Å². The van der Waals surface area contributed by atoms with E-state index in [9.17, 15) is 0 Å². The second-order valence-electron chi connectivity index (χ2n) is 7.08. The van der Waals surface area contributed by atoms with Crippen molar-refractivity contribution in [3.8, 4) is 0 Å². The quantitative estimate of drug-likeness (QED) is 0.685. The van der Waals surface area contributed by atoms with Crippen LogP contribution in [0.4, 0.5) is 0 Å². The van der Waals surface area contributed by atoms with Crippen LogP contribution in [0, 0.1) is 11.8 Å². The number of hydrogen-bond donors (Lipinski definition) is 0. The van der Waals surface area contributed by atoms with Gasteiger partial charge in [0.15, 0.2) is 0 Å². The maximum atomic E-state index is 6.18. The molecular formula is C16H32O2Si. The van der Waals surface area contributed by atoms with E-state index in [1.165, 1.54) is 51.4 Å². The summed E-state index contributed by atoms with van der Waals surface area (Å²) in [7, 11) is 1.82. The minimum absolute atomic E-state index is 0.712. The Balaban J connectivity index is 2.16. The van der Waals surface area contributed by atoms with Crippen molar-refractivity contribution >= 4 is 8.56 Å². The van der Waals surface area contributed by atoms with E-state index >= 15 is 0 Å². The van der Waals surface area contributed by atoms with Gasteiger partial charge in [0.25, 0.3) is 0 Å². The van der Waals surface area contributed by atoms with Crippen LogP contribution in [0.3, 0.4) is 0 Å². The summed E-state index contributed by atoms with van der Waals surface area (Å²) in [5.74, 6) is 1.68. The number of hydrogen-bond acceptors (Lipinski definition) is 2. The first-order valence-electron chi connectivity index (χ1n) is 8.22. The topological polar surface area (TPSA) is 18.5 Å². The Labute approximate surface area is 120 Å². The lowest BCUT2D eigenvalue weighted by Crippen LogP contribution is -2.52. The Morgan fingerprint density at radius 3 is 1.74 bits per heavy atom. The first kappa shape index (κ1) is 15.5. The lowest BCUT2D eigenvalue weighted by atomic mass is 9.83. The molecule has 2 rings (SSSR count). The molecule has 112 valence electrons. The molecule has 0 radical (unpaired) electrons. The molecule has 0 saturated heterocycles. The van der Waals surface area contributed by atoms with Crippen LogP contribution in [0.1, 0.15) is 65.2 Å². The molecule has 0 spiro atoms. The van der Waals surface area contributed by atoms with Crippen LogP contribution in [-0.4, -0.2) is 22.8 Å². The van der Waals surface area contributed by atoms with Gasteiger partial charge in [-0.2, -0.15) is 0 Å². The van der Waals surface area contributed by atoms with Gasteiger partial charge in [0.2, 0.25) is 0 Å². The Hall–Kier alpha value is 0.137. The Morgan fingerprint density at radius 1 is 0.737 bits per heavy atom. The van der Waals surface area contributed by atoms with E-state index in [1.54, 1.807) is 0 Å². The molecule has 0 aromatic carbocycles. The van der Waals surface area contributed by atoms with Gasteiger partial charge in [0.1, 0.15) is 0 Å². The highest BCUT2D eigenvalue weighted by atomic mass is 28.4. The highest BCUT2D eigenvalue weighted by molar-refractivity contribution is 6.70. The van der Waals surface area contributed by atoms with Crippen molar-refractivity contribution in [1.82, 2.24) is 0 Å². The van der Waals surface area contributed by atoms with E-state index in [0.29, 0.717) is 5.54 Å². The molecule has 19 heavy (non-hydrogen) atoms. The second-order valence-corrected chi connectivity index (χ2v) is 11.0. The van der Waals surface area contributed by atoms with Crippen molar-refractivity contribution in [2.24, 2.45) is 11.8 Å². The van der Waals surface area contributed by atoms with Crippen LogP contribution in [0.5, 0.6) is 0 Å². The molecule has 2 fully saturated rings. The molecule has 0 N–H and O–H groups in total. The average molecular weight is 285 g/mol. The lowest BCUT2D eigenvalue weighted by molar-refractivity contribution is 0.173. The van der Waals surface area contributed by atoms with Gasteiger partial charge in [-0.05, 0) is 43.9 Å². The largest absolute Gasteiger partial charge is 0.397 e. The average Bonchev–Trinajstić information content (AvgIpc) is 2.41. The van der Waals surface area contributed by atoms with Gasteiger partial charge in [-0.1, -0.05) is 33.1 Å². The SMILES string of the molecule is CO[Si](OC)(C1CCCCC1)C1CC(C)CC(C)C1. The van der Waals surface area contributed by atoms with Gasteiger partial charge < -0.3 is 8.85 Å². The maximum absolute atomic E-state index is 6.18. The predicted molar refractivity (Wildman–Crippen MR) is 82.5 cm³/mol. The summed E-state index contributed by atoms with van der Waals surface area (Å²) in [5, 5.41) is 0. The smallest absolute Gasteiger partial charge is 0.344 e. The molecule has 0 aromatic heterocycles. The van der Waals surface area contributed by atoms with Crippen molar-refractivity contribution in [2.75, 3.05) is 14.2 Å². The summed E-state index contributed by atoms with van der Waals surface area (Å²) < 4.78 is 12.4. The molecule has 2 aliphatic carbocycles. The maximum Gasteiger partial charge on any atom is 0.344 e. The summed E-state index contributed by atoms with van der Waals surface area (Å²) in [6.45, 7) is 4.82. The van der Waals surface area contributed by atoms with Gasteiger partial charge in [-0.3, -0.25) is 0 Å². The molecule has 0 heterocycles. The van der Waals surface area contributed by atoms with Crippen molar-refractivity contribution < 1.29 is 8.85 Å². The molecule has 2 saturated carbocycles. The fourth-order valence-corrected chi connectivity index (χ4v) is 9.71. The molecule has 0 amide bonds. The van der Waals surface area contributed by atoms with Gasteiger partial charge in [-0.25, -0.2) is 0 Å². The van der Waals surface area contributed by atoms with E-state index in [4.69, 9.17) is 8.85 Å². The third-order valence-electron chi connectivity index (χ3n) is 5.56. The highest BCUT2D eigenvalue weighted by Gasteiger charge is 2.52. The normalized spacial score (nSPS) is 34.4. The summed E-state index contributed by atoms with van der Waals surface area (Å²) >= 11 is 0. The van der Waals surface area contributed by atoms with Gasteiger partial charge in [-0.15, -0.1) is 0 Å². The Morgan fingerprint density at radius 2 is 1.26 bits per heavy atom. The van der Waals surface area contributed by atoms with E-state index < -0.39 is 8.56 Å². The third kappa shape index (κ3) is 3.25. The zero-order valence-electron chi connectivity index (χ0n) is 13.3. The van der Waals surface area contributed by atoms with Crippen LogP contribution >= 0.6 is 0 Å². The molecule has 2 aliphatic rings. The van der Waals surface area contributed by atoms with Crippen LogP contribution in [-0.2, 0) is 8.85 Å². The van der Waals surface area contributed by atoms with Crippen LogP contribution in [0.2, 0.25) is 11.1 Å². The minimum atomic E-state index is -2.03. The predicted octanol–water partition coefficient (Wildman–Crippen LogP) is 4.88. The van der Waals surface area contributed by atoms with Crippen LogP contribution in [0.15, 0.2) is 0 Å². The molecule has 2 nitrogen and oxygen atoms in total. The van der Waals surface area contributed by atoms with E-state index in [2.05, 4.69) is 13.8 Å². The number of rotatable bonds is 4. The van der Waals surface area contributed by atoms with E-state index in [-0.39, 0.29) is 0 Å². The van der Waals surface area contributed by atoms with Gasteiger partial charge >= 0.3 is 8.56 Å². The summed E-state index contributed by atoms with van der Waals surface area (Å²) in [4.78, 5) is 0. The molecule has 0 bridgehead atoms. The fourth-order valence-electron chi connectivity index (χ4n) is 4.86. The van der Waals surface area contributed by atoms with Gasteiger partial charge in [0, 0.05) is 25.3 Å². The van der Waals surface area contributed by atoms with Crippen LogP contribution in [0.25, 0.3) is 0 Å². The molecule has 3 heteroatoms. The van der Waals surface area contributed by atoms with Crippen molar-refractivity contribution in [2.45, 2.75) is 76.3 Å². The molecule has 0 aromatic rings. The fraction of sp³-hybridized carbons (Fsp3) is 1.00. The first-order valence-corrected chi connectivity index (χ1v) is 10.2. The molecular weight excluding hydrogens is 252 g/mol. The van der Waals surface area contributed by atoms with E-state index in [0.717, 1.165) is 17.4 Å². The standard InChI is InChI=1S/C16H32O2Si/c1-13-10-14(2)12-16(11-13)19(17-3,18-4)15-8-6-5-7-9-15/h13-16H,5-12H2,1-4H3. The Bertz CT molecular complexity index is 262. The van der Waals surface area contributed by atoms with Crippen molar-refractivity contribution in [3.63, 3.8) is 0 Å². The minimum Gasteiger partial charge on any atom is -0.397 e. The zero-order chi connectivity index (χ0) is 13.9. The summed E-state index contributed by atoms with van der Waals surface area (Å²) in [5.41, 5.74) is 1.45. The highest BCUT2D eigenvalue weighted by Crippen LogP contribution is 2.50. The van der Waals surface area contributed by atoms with E-state index in [1.807, 2.05) is 14.2 Å². The lowest BCUT2D eigenvalue weighted by Gasteiger charge is -2.46. The third-order valence-corrected chi connectivity index (χ3v) is 10.2. The molecule has 2 unspecified atom stereocenters. The van der Waals surface area contributed by atoms with Gasteiger partial charge in [0.05, 0.1) is 0 Å². The van der Waals surface area contributed by atoms with Crippen molar-refractivity contribution in [1.29, 1.82) is 0 Å². The van der Waals surface area contributed by atoms with Crippen LogP contribution < -0.4 is 0 Å². The first-order chi connectivity index (χ1) is 9.12. The monoisotopic (exact) mass is 284 g/mol. The molecule has 2 atom stereocenters. The molecule has 0 aliphatic heterocycles.